The molecule has 2 nitrogen and oxygen atoms in total. The van der Waals surface area contributed by atoms with Crippen molar-refractivity contribution in [3.8, 4) is 5.75 Å². The molecular formula is C16H21BrO2. The first kappa shape index (κ1) is 13.4. The zero-order valence-electron chi connectivity index (χ0n) is 11.3. The van der Waals surface area contributed by atoms with Crippen LogP contribution in [0.15, 0.2) is 22.7 Å². The van der Waals surface area contributed by atoms with Gasteiger partial charge in [-0.3, -0.25) is 0 Å². The minimum Gasteiger partial charge on any atom is -0.496 e. The molecule has 0 saturated heterocycles. The van der Waals surface area contributed by atoms with Gasteiger partial charge in [0.25, 0.3) is 0 Å². The van der Waals surface area contributed by atoms with Gasteiger partial charge in [-0.1, -0.05) is 12.5 Å². The summed E-state index contributed by atoms with van der Waals surface area (Å²) in [7, 11) is 1.67. The molecular weight excluding hydrogens is 304 g/mol. The van der Waals surface area contributed by atoms with Gasteiger partial charge in [-0.15, -0.1) is 0 Å². The number of ether oxygens (including phenoxy) is 1. The Balaban J connectivity index is 1.66. The van der Waals surface area contributed by atoms with Gasteiger partial charge in [-0.25, -0.2) is 0 Å². The molecule has 19 heavy (non-hydrogen) atoms. The van der Waals surface area contributed by atoms with Gasteiger partial charge in [-0.05, 0) is 77.1 Å². The van der Waals surface area contributed by atoms with E-state index in [-0.39, 0.29) is 6.10 Å². The van der Waals surface area contributed by atoms with E-state index < -0.39 is 0 Å². The minimum absolute atomic E-state index is 0.185. The first-order valence-corrected chi connectivity index (χ1v) is 7.97. The van der Waals surface area contributed by atoms with Crippen LogP contribution < -0.4 is 4.74 Å². The van der Waals surface area contributed by atoms with Gasteiger partial charge in [0.15, 0.2) is 0 Å². The maximum Gasteiger partial charge on any atom is 0.133 e. The molecule has 0 radical (unpaired) electrons. The van der Waals surface area contributed by atoms with E-state index in [9.17, 15) is 5.11 Å². The number of rotatable bonds is 4. The third kappa shape index (κ3) is 2.68. The van der Waals surface area contributed by atoms with Gasteiger partial charge in [0.2, 0.25) is 0 Å². The molecule has 2 bridgehead atoms. The van der Waals surface area contributed by atoms with Crippen molar-refractivity contribution in [3.05, 3.63) is 28.2 Å². The van der Waals surface area contributed by atoms with E-state index in [1.165, 1.54) is 31.2 Å². The fourth-order valence-electron chi connectivity index (χ4n) is 3.99. The van der Waals surface area contributed by atoms with Crippen molar-refractivity contribution in [2.24, 2.45) is 17.8 Å². The molecule has 0 amide bonds. The summed E-state index contributed by atoms with van der Waals surface area (Å²) in [5.74, 6) is 3.05. The van der Waals surface area contributed by atoms with Gasteiger partial charge in [-0.2, -0.15) is 0 Å². The Labute approximate surface area is 123 Å². The third-order valence-electron chi connectivity index (χ3n) is 4.95. The van der Waals surface area contributed by atoms with Crippen molar-refractivity contribution < 1.29 is 9.84 Å². The zero-order valence-corrected chi connectivity index (χ0v) is 12.9. The van der Waals surface area contributed by atoms with Crippen LogP contribution in [0, 0.1) is 17.8 Å². The minimum atomic E-state index is -0.185. The predicted molar refractivity (Wildman–Crippen MR) is 79.3 cm³/mol. The maximum atomic E-state index is 10.5. The standard InChI is InChI=1S/C16H21BrO2/c1-19-16-5-3-11(8-14(16)17)9-15(18)13-7-10-2-4-12(13)6-10/h3,5,8,10,12-13,15,18H,2,4,6-7,9H2,1H3. The molecule has 2 aliphatic rings. The van der Waals surface area contributed by atoms with Gasteiger partial charge in [0.05, 0.1) is 17.7 Å². The van der Waals surface area contributed by atoms with E-state index in [2.05, 4.69) is 28.1 Å². The zero-order chi connectivity index (χ0) is 13.4. The molecule has 0 aromatic heterocycles. The first-order chi connectivity index (χ1) is 9.17. The van der Waals surface area contributed by atoms with Crippen molar-refractivity contribution in [1.29, 1.82) is 0 Å². The quantitative estimate of drug-likeness (QED) is 0.912. The van der Waals surface area contributed by atoms with Crippen LogP contribution in [0.3, 0.4) is 0 Å². The molecule has 0 aliphatic heterocycles. The molecule has 4 unspecified atom stereocenters. The molecule has 4 atom stereocenters. The van der Waals surface area contributed by atoms with Crippen LogP contribution in [-0.2, 0) is 6.42 Å². The summed E-state index contributed by atoms with van der Waals surface area (Å²) in [6, 6.07) is 6.09. The van der Waals surface area contributed by atoms with Crippen LogP contribution in [0.2, 0.25) is 0 Å². The van der Waals surface area contributed by atoms with Crippen LogP contribution in [-0.4, -0.2) is 18.3 Å². The highest BCUT2D eigenvalue weighted by Gasteiger charge is 2.42. The van der Waals surface area contributed by atoms with E-state index in [0.29, 0.717) is 5.92 Å². The fourth-order valence-corrected chi connectivity index (χ4v) is 4.58. The van der Waals surface area contributed by atoms with Gasteiger partial charge >= 0.3 is 0 Å². The lowest BCUT2D eigenvalue weighted by molar-refractivity contribution is 0.0750. The normalized spacial score (nSPS) is 30.6. The van der Waals surface area contributed by atoms with E-state index in [4.69, 9.17) is 4.74 Å². The number of halogens is 1. The number of hydrogen-bond donors (Lipinski definition) is 1. The Morgan fingerprint density at radius 1 is 1.37 bits per heavy atom. The summed E-state index contributed by atoms with van der Waals surface area (Å²) in [4.78, 5) is 0. The number of aliphatic hydroxyl groups is 1. The number of methoxy groups -OCH3 is 1. The smallest absolute Gasteiger partial charge is 0.133 e. The van der Waals surface area contributed by atoms with Crippen LogP contribution >= 0.6 is 15.9 Å². The number of hydrogen-bond acceptors (Lipinski definition) is 2. The SMILES string of the molecule is COc1ccc(CC(O)C2CC3CCC2C3)cc1Br. The highest BCUT2D eigenvalue weighted by Crippen LogP contribution is 2.49. The highest BCUT2D eigenvalue weighted by atomic mass is 79.9. The second-order valence-electron chi connectivity index (χ2n) is 6.08. The topological polar surface area (TPSA) is 29.5 Å². The Morgan fingerprint density at radius 3 is 2.79 bits per heavy atom. The molecule has 1 N–H and O–H groups in total. The molecule has 0 spiro atoms. The van der Waals surface area contributed by atoms with Crippen molar-refractivity contribution in [2.75, 3.05) is 7.11 Å². The van der Waals surface area contributed by atoms with Crippen LogP contribution in [0.25, 0.3) is 0 Å². The highest BCUT2D eigenvalue weighted by molar-refractivity contribution is 9.10. The molecule has 3 rings (SSSR count). The Kier molecular flexibility index (Phi) is 3.86. The van der Waals surface area contributed by atoms with Gasteiger partial charge < -0.3 is 9.84 Å². The molecule has 2 fully saturated rings. The summed E-state index contributed by atoms with van der Waals surface area (Å²) in [5.41, 5.74) is 1.18. The predicted octanol–water partition coefficient (Wildman–Crippen LogP) is 3.80. The van der Waals surface area contributed by atoms with Crippen LogP contribution in [0.5, 0.6) is 5.75 Å². The fraction of sp³-hybridized carbons (Fsp3) is 0.625. The summed E-state index contributed by atoms with van der Waals surface area (Å²) in [6.07, 6.45) is 5.89. The summed E-state index contributed by atoms with van der Waals surface area (Å²) in [6.45, 7) is 0. The summed E-state index contributed by atoms with van der Waals surface area (Å²) >= 11 is 3.51. The van der Waals surface area contributed by atoms with Crippen molar-refractivity contribution >= 4 is 15.9 Å². The number of aliphatic hydroxyl groups excluding tert-OH is 1. The Bertz CT molecular complexity index is 460. The largest absolute Gasteiger partial charge is 0.496 e. The molecule has 3 heteroatoms. The molecule has 0 heterocycles. The molecule has 1 aromatic rings. The average molecular weight is 325 g/mol. The van der Waals surface area contributed by atoms with Crippen molar-refractivity contribution in [3.63, 3.8) is 0 Å². The lowest BCUT2D eigenvalue weighted by atomic mass is 9.82. The molecule has 1 aromatic carbocycles. The summed E-state index contributed by atoms with van der Waals surface area (Å²) < 4.78 is 6.20. The monoisotopic (exact) mass is 324 g/mol. The Morgan fingerprint density at radius 2 is 2.21 bits per heavy atom. The van der Waals surface area contributed by atoms with E-state index in [0.717, 1.165) is 28.5 Å². The van der Waals surface area contributed by atoms with Crippen molar-refractivity contribution in [2.45, 2.75) is 38.2 Å². The van der Waals surface area contributed by atoms with Crippen molar-refractivity contribution in [1.82, 2.24) is 0 Å². The lowest BCUT2D eigenvalue weighted by Crippen LogP contribution is -2.27. The van der Waals surface area contributed by atoms with Gasteiger partial charge in [0.1, 0.15) is 5.75 Å². The number of benzene rings is 1. The lowest BCUT2D eigenvalue weighted by Gasteiger charge is -2.27. The third-order valence-corrected chi connectivity index (χ3v) is 5.57. The van der Waals surface area contributed by atoms with Gasteiger partial charge in [0, 0.05) is 0 Å². The van der Waals surface area contributed by atoms with E-state index >= 15 is 0 Å². The first-order valence-electron chi connectivity index (χ1n) is 7.18. The average Bonchev–Trinajstić information content (AvgIpc) is 3.01. The maximum absolute atomic E-state index is 10.5. The molecule has 104 valence electrons. The second-order valence-corrected chi connectivity index (χ2v) is 6.93. The number of fused-ring (bicyclic) bond motifs is 2. The van der Waals surface area contributed by atoms with E-state index in [1.54, 1.807) is 7.11 Å². The van der Waals surface area contributed by atoms with Crippen LogP contribution in [0.1, 0.15) is 31.2 Å². The van der Waals surface area contributed by atoms with E-state index in [1.807, 2.05) is 6.07 Å². The summed E-state index contributed by atoms with van der Waals surface area (Å²) in [5, 5.41) is 10.5. The molecule has 2 aliphatic carbocycles. The van der Waals surface area contributed by atoms with Crippen LogP contribution in [0.4, 0.5) is 0 Å². The second kappa shape index (κ2) is 5.45. The Hall–Kier alpha value is -0.540. The molecule has 2 saturated carbocycles.